The number of ether oxygens (including phenoxy) is 1. The average molecular weight is 446 g/mol. The smallest absolute Gasteiger partial charge is 0.332 e. The molecule has 0 aromatic carbocycles. The molecule has 2 saturated heterocycles. The van der Waals surface area contributed by atoms with Crippen molar-refractivity contribution in [3.8, 4) is 0 Å². The molecule has 176 valence electrons. The van der Waals surface area contributed by atoms with Gasteiger partial charge in [-0.1, -0.05) is 11.6 Å². The number of hydrogen-bond acceptors (Lipinski definition) is 7. The lowest BCUT2D eigenvalue weighted by Gasteiger charge is -2.31. The molecule has 4 heterocycles. The third-order valence-corrected chi connectivity index (χ3v) is 6.38. The van der Waals surface area contributed by atoms with E-state index in [2.05, 4.69) is 15.9 Å². The second kappa shape index (κ2) is 9.60. The fourth-order valence-corrected chi connectivity index (χ4v) is 4.50. The van der Waals surface area contributed by atoms with Crippen molar-refractivity contribution in [2.75, 3.05) is 50.8 Å². The third-order valence-electron chi connectivity index (χ3n) is 6.38. The average Bonchev–Trinajstić information content (AvgIpc) is 3.17. The second-order valence-corrected chi connectivity index (χ2v) is 9.08. The molecular formula is C22H35N7O3. The minimum Gasteiger partial charge on any atom is -0.379 e. The van der Waals surface area contributed by atoms with E-state index in [0.29, 0.717) is 56.5 Å². The number of aryl methyl sites for hydroxylation is 1. The molecule has 10 nitrogen and oxygen atoms in total. The Kier molecular flexibility index (Phi) is 6.82. The number of allylic oxidation sites excluding steroid dienone is 2. The highest BCUT2D eigenvalue weighted by Crippen LogP contribution is 2.23. The minimum atomic E-state index is -0.329. The van der Waals surface area contributed by atoms with Crippen LogP contribution in [0, 0.1) is 0 Å². The van der Waals surface area contributed by atoms with E-state index in [1.165, 1.54) is 9.13 Å². The summed E-state index contributed by atoms with van der Waals surface area (Å²) in [6, 6.07) is 0.0782. The van der Waals surface area contributed by atoms with Gasteiger partial charge >= 0.3 is 5.69 Å². The lowest BCUT2D eigenvalue weighted by atomic mass is 10.1. The van der Waals surface area contributed by atoms with Crippen LogP contribution in [0.1, 0.15) is 26.7 Å². The Balaban J connectivity index is 1.79. The number of nitrogens with two attached hydrogens (primary N) is 1. The van der Waals surface area contributed by atoms with Crippen molar-refractivity contribution in [1.29, 1.82) is 0 Å². The van der Waals surface area contributed by atoms with E-state index in [1.54, 1.807) is 7.05 Å². The number of aromatic nitrogens is 4. The lowest BCUT2D eigenvalue weighted by molar-refractivity contribution is 0.0361. The van der Waals surface area contributed by atoms with Gasteiger partial charge < -0.3 is 19.9 Å². The molecule has 0 radical (unpaired) electrons. The normalized spacial score (nSPS) is 20.1. The van der Waals surface area contributed by atoms with Gasteiger partial charge in [-0.2, -0.15) is 4.98 Å². The van der Waals surface area contributed by atoms with Gasteiger partial charge in [0.05, 0.1) is 13.2 Å². The first-order valence-electron chi connectivity index (χ1n) is 11.5. The van der Waals surface area contributed by atoms with E-state index in [0.717, 1.165) is 38.0 Å². The topological polar surface area (TPSA) is 104 Å². The summed E-state index contributed by atoms with van der Waals surface area (Å²) in [7, 11) is 1.69. The molecule has 0 spiro atoms. The molecule has 10 heteroatoms. The number of hydrogen-bond donors (Lipinski definition) is 1. The Bertz CT molecular complexity index is 1100. The highest BCUT2D eigenvalue weighted by atomic mass is 16.5. The van der Waals surface area contributed by atoms with Crippen LogP contribution in [0.25, 0.3) is 11.2 Å². The molecule has 2 aromatic rings. The van der Waals surface area contributed by atoms with Crippen molar-refractivity contribution in [3.63, 3.8) is 0 Å². The van der Waals surface area contributed by atoms with Crippen LogP contribution < -0.4 is 21.9 Å². The van der Waals surface area contributed by atoms with E-state index in [-0.39, 0.29) is 17.3 Å². The van der Waals surface area contributed by atoms with Crippen LogP contribution in [0.5, 0.6) is 0 Å². The maximum atomic E-state index is 13.6. The quantitative estimate of drug-likeness (QED) is 0.630. The summed E-state index contributed by atoms with van der Waals surface area (Å²) in [6.07, 6.45) is 4.05. The predicted molar refractivity (Wildman–Crippen MR) is 125 cm³/mol. The standard InChI is InChI=1S/C22H35N7O3/c1-16(2)6-8-28-18-19(24-21(28)27-7-4-5-17(23)15-27)25(3)22(31)29(20(18)30)10-9-26-11-13-32-14-12-26/h6,17H,4-5,7-15,23H2,1-3H3. The van der Waals surface area contributed by atoms with Gasteiger partial charge in [-0.3, -0.25) is 18.8 Å². The Hall–Kier alpha value is -2.43. The molecule has 0 bridgehead atoms. The minimum absolute atomic E-state index is 0.0782. The lowest BCUT2D eigenvalue weighted by Crippen LogP contribution is -2.44. The van der Waals surface area contributed by atoms with Crippen LogP contribution in [-0.4, -0.2) is 75.6 Å². The molecule has 2 N–H and O–H groups in total. The first-order valence-corrected chi connectivity index (χ1v) is 11.5. The summed E-state index contributed by atoms with van der Waals surface area (Å²) in [5, 5.41) is 0. The highest BCUT2D eigenvalue weighted by molar-refractivity contribution is 5.74. The van der Waals surface area contributed by atoms with E-state index in [1.807, 2.05) is 18.4 Å². The van der Waals surface area contributed by atoms with Gasteiger partial charge in [0.15, 0.2) is 11.2 Å². The third kappa shape index (κ3) is 4.53. The molecule has 0 saturated carbocycles. The van der Waals surface area contributed by atoms with Crippen LogP contribution in [-0.2, 0) is 24.9 Å². The molecule has 2 fully saturated rings. The number of imidazole rings is 1. The number of fused-ring (bicyclic) bond motifs is 1. The maximum Gasteiger partial charge on any atom is 0.332 e. The molecular weight excluding hydrogens is 410 g/mol. The van der Waals surface area contributed by atoms with Crippen LogP contribution >= 0.6 is 0 Å². The van der Waals surface area contributed by atoms with Crippen LogP contribution in [0.3, 0.4) is 0 Å². The second-order valence-electron chi connectivity index (χ2n) is 9.08. The van der Waals surface area contributed by atoms with Gasteiger partial charge in [0, 0.05) is 58.9 Å². The van der Waals surface area contributed by atoms with E-state index < -0.39 is 0 Å². The molecule has 4 rings (SSSR count). The SMILES string of the molecule is CC(C)=CCn1c(N2CCCC(N)C2)nc2c1c(=O)n(CCN1CCOCC1)c(=O)n2C. The number of rotatable bonds is 6. The van der Waals surface area contributed by atoms with E-state index in [9.17, 15) is 9.59 Å². The number of anilines is 1. The predicted octanol–water partition coefficient (Wildman–Crippen LogP) is 0.123. The highest BCUT2D eigenvalue weighted by Gasteiger charge is 2.26. The first-order chi connectivity index (χ1) is 15.4. The molecule has 0 aliphatic carbocycles. The molecule has 2 aromatic heterocycles. The summed E-state index contributed by atoms with van der Waals surface area (Å²) in [5.74, 6) is 0.714. The van der Waals surface area contributed by atoms with Gasteiger partial charge in [-0.15, -0.1) is 0 Å². The first kappa shape index (κ1) is 22.8. The molecule has 2 aliphatic rings. The molecule has 1 atom stereocenters. The Morgan fingerprint density at radius 1 is 1.16 bits per heavy atom. The van der Waals surface area contributed by atoms with Crippen molar-refractivity contribution in [2.24, 2.45) is 12.8 Å². The van der Waals surface area contributed by atoms with Crippen LogP contribution in [0.15, 0.2) is 21.2 Å². The number of morpholine rings is 1. The van der Waals surface area contributed by atoms with Gasteiger partial charge in [0.25, 0.3) is 5.56 Å². The van der Waals surface area contributed by atoms with Gasteiger partial charge in [0.1, 0.15) is 0 Å². The Labute approximate surface area is 187 Å². The Morgan fingerprint density at radius 2 is 1.91 bits per heavy atom. The monoisotopic (exact) mass is 445 g/mol. The van der Waals surface area contributed by atoms with Gasteiger partial charge in [-0.25, -0.2) is 4.79 Å². The van der Waals surface area contributed by atoms with E-state index in [4.69, 9.17) is 15.5 Å². The van der Waals surface area contributed by atoms with Crippen molar-refractivity contribution >= 4 is 17.1 Å². The maximum absolute atomic E-state index is 13.6. The zero-order valence-corrected chi connectivity index (χ0v) is 19.4. The summed E-state index contributed by atoms with van der Waals surface area (Å²) >= 11 is 0. The summed E-state index contributed by atoms with van der Waals surface area (Å²) in [4.78, 5) is 35.8. The van der Waals surface area contributed by atoms with Crippen molar-refractivity contribution in [1.82, 2.24) is 23.6 Å². The fourth-order valence-electron chi connectivity index (χ4n) is 4.50. The summed E-state index contributed by atoms with van der Waals surface area (Å²) < 4.78 is 10.2. The van der Waals surface area contributed by atoms with Crippen LogP contribution in [0.4, 0.5) is 5.95 Å². The van der Waals surface area contributed by atoms with Gasteiger partial charge in [-0.05, 0) is 26.7 Å². The summed E-state index contributed by atoms with van der Waals surface area (Å²) in [6.45, 7) is 10.1. The zero-order valence-electron chi connectivity index (χ0n) is 19.4. The zero-order chi connectivity index (χ0) is 22.8. The van der Waals surface area contributed by atoms with Crippen molar-refractivity contribution in [3.05, 3.63) is 32.5 Å². The number of piperidine rings is 1. The van der Waals surface area contributed by atoms with Crippen molar-refractivity contribution < 1.29 is 4.74 Å². The van der Waals surface area contributed by atoms with E-state index >= 15 is 0 Å². The van der Waals surface area contributed by atoms with Gasteiger partial charge in [0.2, 0.25) is 5.95 Å². The molecule has 1 unspecified atom stereocenters. The largest absolute Gasteiger partial charge is 0.379 e. The van der Waals surface area contributed by atoms with Crippen LogP contribution in [0.2, 0.25) is 0 Å². The number of nitrogens with zero attached hydrogens (tertiary/aromatic N) is 6. The fraction of sp³-hybridized carbons (Fsp3) is 0.682. The molecule has 32 heavy (non-hydrogen) atoms. The summed E-state index contributed by atoms with van der Waals surface area (Å²) in [5.41, 5.74) is 7.67. The molecule has 2 aliphatic heterocycles. The molecule has 0 amide bonds. The Morgan fingerprint density at radius 3 is 2.59 bits per heavy atom. The van der Waals surface area contributed by atoms with Crippen molar-refractivity contribution in [2.45, 2.75) is 45.8 Å².